The first kappa shape index (κ1) is 22.6. The van der Waals surface area contributed by atoms with Gasteiger partial charge in [-0.3, -0.25) is 0 Å². The maximum Gasteiger partial charge on any atom is 0.407 e. The van der Waals surface area contributed by atoms with Gasteiger partial charge in [-0.1, -0.05) is 46.2 Å². The molecule has 0 saturated carbocycles. The molecule has 0 aromatic carbocycles. The van der Waals surface area contributed by atoms with Crippen LogP contribution in [0.5, 0.6) is 5.75 Å². The van der Waals surface area contributed by atoms with Gasteiger partial charge in [0.05, 0.1) is 0 Å². The quantitative estimate of drug-likeness (QED) is 0.622. The molecule has 1 aromatic rings. The van der Waals surface area contributed by atoms with Gasteiger partial charge in [-0.25, -0.2) is 9.78 Å². The molecule has 0 aliphatic rings. The van der Waals surface area contributed by atoms with E-state index < -0.39 is 11.7 Å². The summed E-state index contributed by atoms with van der Waals surface area (Å²) >= 11 is 5.77. The third-order valence-electron chi connectivity index (χ3n) is 4.35. The average molecular weight is 385 g/mol. The standard InChI is InChI=1S/C20H33ClN2O3/c1-13(2)8-9-20(6,7)26-18(25)23-16(19(3,4)5)11-14-10-15(24)17(21)22-12-14/h10,12-13,16,24H,8-9,11H2,1-7H3,(H,23,25). The van der Waals surface area contributed by atoms with Crippen LogP contribution in [0.15, 0.2) is 12.3 Å². The van der Waals surface area contributed by atoms with E-state index in [4.69, 9.17) is 16.3 Å². The largest absolute Gasteiger partial charge is 0.505 e. The van der Waals surface area contributed by atoms with Crippen LogP contribution in [-0.2, 0) is 11.2 Å². The average Bonchev–Trinajstić information content (AvgIpc) is 2.47. The number of halogens is 1. The molecule has 148 valence electrons. The van der Waals surface area contributed by atoms with Crippen molar-refractivity contribution in [2.75, 3.05) is 0 Å². The number of aromatic hydroxyl groups is 1. The molecule has 0 radical (unpaired) electrons. The molecule has 1 rings (SSSR count). The van der Waals surface area contributed by atoms with Gasteiger partial charge in [-0.05, 0) is 56.1 Å². The fraction of sp³-hybridized carbons (Fsp3) is 0.700. The number of nitrogens with one attached hydrogen (secondary N) is 1. The topological polar surface area (TPSA) is 71.5 Å². The van der Waals surface area contributed by atoms with Gasteiger partial charge in [-0.2, -0.15) is 0 Å². The van der Waals surface area contributed by atoms with Crippen LogP contribution >= 0.6 is 11.6 Å². The van der Waals surface area contributed by atoms with E-state index in [-0.39, 0.29) is 22.4 Å². The lowest BCUT2D eigenvalue weighted by molar-refractivity contribution is 0.0241. The summed E-state index contributed by atoms with van der Waals surface area (Å²) in [6.07, 6.45) is 3.51. The zero-order chi connectivity index (χ0) is 20.1. The minimum absolute atomic E-state index is 0.0609. The van der Waals surface area contributed by atoms with Crippen LogP contribution in [-0.4, -0.2) is 27.8 Å². The van der Waals surface area contributed by atoms with Crippen LogP contribution < -0.4 is 5.32 Å². The van der Waals surface area contributed by atoms with Crippen molar-refractivity contribution in [2.45, 2.75) is 79.4 Å². The number of pyridine rings is 1. The molecule has 1 atom stereocenters. The Bertz CT molecular complexity index is 610. The molecule has 26 heavy (non-hydrogen) atoms. The van der Waals surface area contributed by atoms with Crippen LogP contribution in [0.25, 0.3) is 0 Å². The van der Waals surface area contributed by atoms with E-state index in [2.05, 4.69) is 24.1 Å². The first-order chi connectivity index (χ1) is 11.8. The number of rotatable bonds is 7. The van der Waals surface area contributed by atoms with Crippen molar-refractivity contribution in [1.82, 2.24) is 10.3 Å². The minimum Gasteiger partial charge on any atom is -0.505 e. The molecule has 0 bridgehead atoms. The maximum absolute atomic E-state index is 12.5. The summed E-state index contributed by atoms with van der Waals surface area (Å²) in [5, 5.41) is 12.8. The van der Waals surface area contributed by atoms with E-state index >= 15 is 0 Å². The van der Waals surface area contributed by atoms with Crippen molar-refractivity contribution in [2.24, 2.45) is 11.3 Å². The summed E-state index contributed by atoms with van der Waals surface area (Å²) < 4.78 is 5.66. The fourth-order valence-corrected chi connectivity index (χ4v) is 2.61. The summed E-state index contributed by atoms with van der Waals surface area (Å²) in [6, 6.07) is 1.39. The summed E-state index contributed by atoms with van der Waals surface area (Å²) in [4.78, 5) is 16.4. The number of alkyl carbamates (subject to hydrolysis) is 1. The molecule has 6 heteroatoms. The predicted molar refractivity (Wildman–Crippen MR) is 106 cm³/mol. The number of ether oxygens (including phenoxy) is 1. The zero-order valence-electron chi connectivity index (χ0n) is 17.0. The lowest BCUT2D eigenvalue weighted by Gasteiger charge is -2.33. The molecule has 0 spiro atoms. The zero-order valence-corrected chi connectivity index (χ0v) is 17.8. The summed E-state index contributed by atoms with van der Waals surface area (Å²) in [7, 11) is 0. The second-order valence-corrected chi connectivity index (χ2v) is 9.36. The Labute approximate surface area is 162 Å². The van der Waals surface area contributed by atoms with Gasteiger partial charge in [0.2, 0.25) is 0 Å². The summed E-state index contributed by atoms with van der Waals surface area (Å²) in [5.41, 5.74) is 0.0824. The number of hydrogen-bond acceptors (Lipinski definition) is 4. The van der Waals surface area contributed by atoms with Crippen LogP contribution in [0, 0.1) is 11.3 Å². The Morgan fingerprint density at radius 3 is 2.42 bits per heavy atom. The first-order valence-electron chi connectivity index (χ1n) is 9.13. The highest BCUT2D eigenvalue weighted by atomic mass is 35.5. The van der Waals surface area contributed by atoms with Crippen LogP contribution in [0.2, 0.25) is 5.15 Å². The van der Waals surface area contributed by atoms with Crippen molar-refractivity contribution in [3.63, 3.8) is 0 Å². The molecule has 0 fully saturated rings. The van der Waals surface area contributed by atoms with E-state index in [9.17, 15) is 9.90 Å². The van der Waals surface area contributed by atoms with Gasteiger partial charge < -0.3 is 15.2 Å². The van der Waals surface area contributed by atoms with E-state index in [1.54, 1.807) is 12.3 Å². The molecule has 0 aliphatic carbocycles. The lowest BCUT2D eigenvalue weighted by Crippen LogP contribution is -2.47. The smallest absolute Gasteiger partial charge is 0.407 e. The Hall–Kier alpha value is -1.49. The molecule has 1 amide bonds. The van der Waals surface area contributed by atoms with Gasteiger partial charge in [0.15, 0.2) is 10.9 Å². The van der Waals surface area contributed by atoms with E-state index in [0.717, 1.165) is 18.4 Å². The number of nitrogens with zero attached hydrogens (tertiary/aromatic N) is 1. The molecular weight excluding hydrogens is 352 g/mol. The number of hydrogen-bond donors (Lipinski definition) is 2. The number of amides is 1. The van der Waals surface area contributed by atoms with Gasteiger partial charge in [0.1, 0.15) is 5.60 Å². The van der Waals surface area contributed by atoms with Crippen molar-refractivity contribution in [1.29, 1.82) is 0 Å². The molecule has 1 unspecified atom stereocenters. The van der Waals surface area contributed by atoms with Crippen molar-refractivity contribution < 1.29 is 14.6 Å². The van der Waals surface area contributed by atoms with Crippen molar-refractivity contribution in [3.8, 4) is 5.75 Å². The molecule has 1 heterocycles. The highest BCUT2D eigenvalue weighted by Gasteiger charge is 2.30. The molecule has 0 aliphatic heterocycles. The fourth-order valence-electron chi connectivity index (χ4n) is 2.51. The Morgan fingerprint density at radius 2 is 1.92 bits per heavy atom. The van der Waals surface area contributed by atoms with E-state index in [0.29, 0.717) is 12.3 Å². The van der Waals surface area contributed by atoms with Crippen LogP contribution in [0.4, 0.5) is 4.79 Å². The highest BCUT2D eigenvalue weighted by Crippen LogP contribution is 2.27. The molecular formula is C20H33ClN2O3. The highest BCUT2D eigenvalue weighted by molar-refractivity contribution is 6.30. The predicted octanol–water partition coefficient (Wildman–Crippen LogP) is 5.34. The van der Waals surface area contributed by atoms with Gasteiger partial charge in [0.25, 0.3) is 0 Å². The lowest BCUT2D eigenvalue weighted by atomic mass is 9.83. The number of carbonyl (C=O) groups is 1. The Kier molecular flexibility index (Phi) is 7.75. The maximum atomic E-state index is 12.5. The third-order valence-corrected chi connectivity index (χ3v) is 4.64. The summed E-state index contributed by atoms with van der Waals surface area (Å²) in [5.74, 6) is 0.502. The van der Waals surface area contributed by atoms with Gasteiger partial charge >= 0.3 is 6.09 Å². The monoisotopic (exact) mass is 384 g/mol. The molecule has 5 nitrogen and oxygen atoms in total. The second kappa shape index (κ2) is 8.94. The first-order valence-corrected chi connectivity index (χ1v) is 9.51. The normalized spacial score (nSPS) is 13.6. The number of aromatic nitrogens is 1. The number of carbonyl (C=O) groups excluding carboxylic acids is 1. The van der Waals surface area contributed by atoms with Crippen molar-refractivity contribution in [3.05, 3.63) is 23.0 Å². The van der Waals surface area contributed by atoms with Gasteiger partial charge in [0, 0.05) is 12.2 Å². The second-order valence-electron chi connectivity index (χ2n) is 9.00. The van der Waals surface area contributed by atoms with Crippen LogP contribution in [0.3, 0.4) is 0 Å². The van der Waals surface area contributed by atoms with Crippen molar-refractivity contribution >= 4 is 17.7 Å². The molecule has 0 saturated heterocycles. The van der Waals surface area contributed by atoms with E-state index in [1.807, 2.05) is 34.6 Å². The van der Waals surface area contributed by atoms with Gasteiger partial charge in [-0.15, -0.1) is 0 Å². The van der Waals surface area contributed by atoms with E-state index in [1.165, 1.54) is 0 Å². The molecule has 1 aromatic heterocycles. The molecule has 2 N–H and O–H groups in total. The van der Waals surface area contributed by atoms with Crippen LogP contribution in [0.1, 0.15) is 66.9 Å². The summed E-state index contributed by atoms with van der Waals surface area (Å²) in [6.45, 7) is 14.3. The Morgan fingerprint density at radius 1 is 1.31 bits per heavy atom. The SMILES string of the molecule is CC(C)CCC(C)(C)OC(=O)NC(Cc1cnc(Cl)c(O)c1)C(C)(C)C. The third kappa shape index (κ3) is 7.81. The minimum atomic E-state index is -0.517. The Balaban J connectivity index is 2.78.